The zero-order valence-electron chi connectivity index (χ0n) is 13.0. The van der Waals surface area contributed by atoms with Crippen LogP contribution in [0, 0.1) is 0 Å². The first-order valence-corrected chi connectivity index (χ1v) is 7.63. The van der Waals surface area contributed by atoms with Crippen molar-refractivity contribution in [3.8, 4) is 0 Å². The van der Waals surface area contributed by atoms with Crippen LogP contribution in [0.3, 0.4) is 0 Å². The first kappa shape index (κ1) is 15.0. The molecule has 0 saturated heterocycles. The Kier molecular flexibility index (Phi) is 4.52. The fraction of sp³-hybridized carbons (Fsp3) is 0.235. The summed E-state index contributed by atoms with van der Waals surface area (Å²) in [5, 5.41) is 5.80. The van der Waals surface area contributed by atoms with Crippen LogP contribution in [-0.2, 0) is 6.42 Å². The molecule has 1 amide bonds. The van der Waals surface area contributed by atoms with E-state index in [0.717, 1.165) is 36.2 Å². The van der Waals surface area contributed by atoms with Crippen LogP contribution in [0.2, 0.25) is 0 Å². The van der Waals surface area contributed by atoms with Gasteiger partial charge < -0.3 is 15.6 Å². The third-order valence-electron chi connectivity index (χ3n) is 3.54. The number of hydrogen-bond donors (Lipinski definition) is 3. The second-order valence-electron chi connectivity index (χ2n) is 5.22. The number of aromatic nitrogens is 3. The molecule has 0 bridgehead atoms. The molecule has 3 N–H and O–H groups in total. The van der Waals surface area contributed by atoms with E-state index in [-0.39, 0.29) is 5.91 Å². The Labute approximate surface area is 134 Å². The van der Waals surface area contributed by atoms with E-state index in [4.69, 9.17) is 0 Å². The molecule has 6 nitrogen and oxygen atoms in total. The number of fused-ring (bicyclic) bond motifs is 1. The monoisotopic (exact) mass is 309 g/mol. The van der Waals surface area contributed by atoms with Gasteiger partial charge in [-0.3, -0.25) is 4.79 Å². The molecule has 0 aliphatic rings. The summed E-state index contributed by atoms with van der Waals surface area (Å²) >= 11 is 0. The number of benzene rings is 1. The second-order valence-corrected chi connectivity index (χ2v) is 5.22. The highest BCUT2D eigenvalue weighted by Crippen LogP contribution is 2.11. The number of H-pyrrole nitrogens is 1. The lowest BCUT2D eigenvalue weighted by Crippen LogP contribution is -2.19. The van der Waals surface area contributed by atoms with E-state index < -0.39 is 0 Å². The molecule has 0 spiro atoms. The largest absolute Gasteiger partial charge is 0.370 e. The van der Waals surface area contributed by atoms with E-state index in [0.29, 0.717) is 11.5 Å². The SMILES string of the molecule is CNC(=O)c1cccc(NCCCc2nc3ccccc3[nH]2)n1. The molecule has 0 aliphatic heterocycles. The summed E-state index contributed by atoms with van der Waals surface area (Å²) in [5.74, 6) is 1.51. The topological polar surface area (TPSA) is 82.7 Å². The number of carbonyl (C=O) groups is 1. The molecule has 23 heavy (non-hydrogen) atoms. The van der Waals surface area contributed by atoms with Crippen LogP contribution in [0.15, 0.2) is 42.5 Å². The third kappa shape index (κ3) is 3.66. The van der Waals surface area contributed by atoms with Crippen LogP contribution in [0.5, 0.6) is 0 Å². The highest BCUT2D eigenvalue weighted by molar-refractivity contribution is 5.92. The van der Waals surface area contributed by atoms with Gasteiger partial charge in [0.2, 0.25) is 0 Å². The van der Waals surface area contributed by atoms with E-state index in [1.165, 1.54) is 0 Å². The van der Waals surface area contributed by atoms with E-state index in [1.807, 2.05) is 36.4 Å². The Bertz CT molecular complexity index is 778. The molecule has 1 aromatic carbocycles. The first-order chi connectivity index (χ1) is 11.3. The minimum Gasteiger partial charge on any atom is -0.370 e. The van der Waals surface area contributed by atoms with Crippen molar-refractivity contribution in [3.63, 3.8) is 0 Å². The van der Waals surface area contributed by atoms with Crippen LogP contribution < -0.4 is 10.6 Å². The van der Waals surface area contributed by atoms with Gasteiger partial charge in [-0.2, -0.15) is 0 Å². The summed E-state index contributed by atoms with van der Waals surface area (Å²) in [5.41, 5.74) is 2.47. The zero-order chi connectivity index (χ0) is 16.1. The zero-order valence-corrected chi connectivity index (χ0v) is 13.0. The van der Waals surface area contributed by atoms with Gasteiger partial charge in [0.15, 0.2) is 0 Å². The molecule has 2 heterocycles. The van der Waals surface area contributed by atoms with Crippen LogP contribution in [0.4, 0.5) is 5.82 Å². The molecule has 0 radical (unpaired) electrons. The van der Waals surface area contributed by atoms with Crippen molar-refractivity contribution in [2.45, 2.75) is 12.8 Å². The van der Waals surface area contributed by atoms with Crippen molar-refractivity contribution >= 4 is 22.8 Å². The van der Waals surface area contributed by atoms with Crippen molar-refractivity contribution in [2.75, 3.05) is 18.9 Å². The highest BCUT2D eigenvalue weighted by Gasteiger charge is 2.05. The summed E-state index contributed by atoms with van der Waals surface area (Å²) in [4.78, 5) is 23.7. The Balaban J connectivity index is 1.52. The predicted molar refractivity (Wildman–Crippen MR) is 90.5 cm³/mol. The molecule has 3 aromatic rings. The summed E-state index contributed by atoms with van der Waals surface area (Å²) in [6.07, 6.45) is 1.78. The van der Waals surface area contributed by atoms with Crippen molar-refractivity contribution < 1.29 is 4.79 Å². The molecule has 2 aromatic heterocycles. The Hall–Kier alpha value is -2.89. The number of nitrogens with one attached hydrogen (secondary N) is 3. The van der Waals surface area contributed by atoms with E-state index in [1.54, 1.807) is 13.1 Å². The van der Waals surface area contributed by atoms with E-state index >= 15 is 0 Å². The number of anilines is 1. The summed E-state index contributed by atoms with van der Waals surface area (Å²) in [6, 6.07) is 13.4. The maximum absolute atomic E-state index is 11.6. The van der Waals surface area contributed by atoms with Crippen molar-refractivity contribution in [2.24, 2.45) is 0 Å². The number of hydrogen-bond acceptors (Lipinski definition) is 4. The number of nitrogens with zero attached hydrogens (tertiary/aromatic N) is 2. The maximum atomic E-state index is 11.6. The molecule has 3 rings (SSSR count). The summed E-state index contributed by atoms with van der Waals surface area (Å²) in [7, 11) is 1.59. The highest BCUT2D eigenvalue weighted by atomic mass is 16.1. The maximum Gasteiger partial charge on any atom is 0.269 e. The van der Waals surface area contributed by atoms with Crippen LogP contribution >= 0.6 is 0 Å². The first-order valence-electron chi connectivity index (χ1n) is 7.63. The third-order valence-corrected chi connectivity index (χ3v) is 3.54. The minimum absolute atomic E-state index is 0.184. The number of carbonyl (C=O) groups excluding carboxylic acids is 1. The lowest BCUT2D eigenvalue weighted by Gasteiger charge is -2.06. The number of rotatable bonds is 6. The predicted octanol–water partition coefficient (Wildman–Crippen LogP) is 2.36. The molecular weight excluding hydrogens is 290 g/mol. The fourth-order valence-corrected chi connectivity index (χ4v) is 2.38. The van der Waals surface area contributed by atoms with Gasteiger partial charge >= 0.3 is 0 Å². The van der Waals surface area contributed by atoms with Crippen LogP contribution in [0.25, 0.3) is 11.0 Å². The Morgan fingerprint density at radius 1 is 1.13 bits per heavy atom. The molecule has 0 aliphatic carbocycles. The number of imidazole rings is 1. The smallest absolute Gasteiger partial charge is 0.269 e. The van der Waals surface area contributed by atoms with E-state index in [2.05, 4.69) is 25.6 Å². The van der Waals surface area contributed by atoms with Gasteiger partial charge in [0.25, 0.3) is 5.91 Å². The molecule has 118 valence electrons. The molecular formula is C17H19N5O. The van der Waals surface area contributed by atoms with Gasteiger partial charge in [-0.25, -0.2) is 9.97 Å². The summed E-state index contributed by atoms with van der Waals surface area (Å²) < 4.78 is 0. The van der Waals surface area contributed by atoms with Crippen molar-refractivity contribution in [1.29, 1.82) is 0 Å². The van der Waals surface area contributed by atoms with Gasteiger partial charge in [0, 0.05) is 20.0 Å². The number of pyridine rings is 1. The molecule has 6 heteroatoms. The molecule has 0 saturated carbocycles. The fourth-order valence-electron chi connectivity index (χ4n) is 2.38. The molecule has 0 atom stereocenters. The average molecular weight is 309 g/mol. The summed E-state index contributed by atoms with van der Waals surface area (Å²) in [6.45, 7) is 0.765. The van der Waals surface area contributed by atoms with Crippen molar-refractivity contribution in [3.05, 3.63) is 54.0 Å². The lowest BCUT2D eigenvalue weighted by atomic mass is 10.3. The minimum atomic E-state index is -0.184. The van der Waals surface area contributed by atoms with Crippen molar-refractivity contribution in [1.82, 2.24) is 20.3 Å². The number of para-hydroxylation sites is 2. The van der Waals surface area contributed by atoms with Gasteiger partial charge in [-0.05, 0) is 30.7 Å². The normalized spacial score (nSPS) is 10.7. The molecule has 0 unspecified atom stereocenters. The standard InChI is InChI=1S/C17H19N5O/c1-18-17(23)14-8-4-9-15(22-14)19-11-5-10-16-20-12-6-2-3-7-13(12)21-16/h2-4,6-9H,5,10-11H2,1H3,(H,18,23)(H,19,22)(H,20,21). The van der Waals surface area contributed by atoms with Crippen LogP contribution in [-0.4, -0.2) is 34.5 Å². The number of amides is 1. The van der Waals surface area contributed by atoms with Crippen LogP contribution in [0.1, 0.15) is 22.7 Å². The average Bonchev–Trinajstić information content (AvgIpc) is 3.01. The van der Waals surface area contributed by atoms with Gasteiger partial charge in [-0.15, -0.1) is 0 Å². The van der Waals surface area contributed by atoms with Gasteiger partial charge in [0.1, 0.15) is 17.3 Å². The Morgan fingerprint density at radius 3 is 2.83 bits per heavy atom. The van der Waals surface area contributed by atoms with Gasteiger partial charge in [0.05, 0.1) is 11.0 Å². The quantitative estimate of drug-likeness (QED) is 0.610. The number of aromatic amines is 1. The second kappa shape index (κ2) is 6.91. The van der Waals surface area contributed by atoms with Gasteiger partial charge in [-0.1, -0.05) is 18.2 Å². The van der Waals surface area contributed by atoms with E-state index in [9.17, 15) is 4.79 Å². The lowest BCUT2D eigenvalue weighted by molar-refractivity contribution is 0.0958. The Morgan fingerprint density at radius 2 is 2.00 bits per heavy atom. The number of aryl methyl sites for hydroxylation is 1. The molecule has 0 fully saturated rings.